The van der Waals surface area contributed by atoms with Crippen molar-refractivity contribution in [3.8, 4) is 17.2 Å². The van der Waals surface area contributed by atoms with Crippen LogP contribution in [0.3, 0.4) is 0 Å². The number of anilines is 6. The molecule has 4 aliphatic rings. The summed E-state index contributed by atoms with van der Waals surface area (Å²) in [5.41, 5.74) is 30.0. The van der Waals surface area contributed by atoms with E-state index in [0.29, 0.717) is 0 Å². The van der Waals surface area contributed by atoms with Crippen LogP contribution in [-0.2, 0) is 43.3 Å². The molecule has 480 valence electrons. The zero-order valence-corrected chi connectivity index (χ0v) is 62.0. The lowest BCUT2D eigenvalue weighted by Gasteiger charge is -2.42. The molecule has 9 aromatic carbocycles. The second kappa shape index (κ2) is 20.8. The Morgan fingerprint density at radius 2 is 0.670 bits per heavy atom. The van der Waals surface area contributed by atoms with E-state index in [4.69, 9.17) is 4.74 Å². The molecule has 0 aliphatic carbocycles. The molecule has 10 aromatic rings. The highest BCUT2D eigenvalue weighted by Gasteiger charge is 2.50. The molecule has 4 nitrogen and oxygen atoms in total. The van der Waals surface area contributed by atoms with E-state index in [1.807, 2.05) is 11.8 Å². The smallest absolute Gasteiger partial charge is 0.256 e. The number of ether oxygens (including phenoxy) is 1. The van der Waals surface area contributed by atoms with E-state index in [0.717, 1.165) is 34.2 Å². The monoisotopic (exact) mass is 1260 g/mol. The Morgan fingerprint density at radius 1 is 0.340 bits per heavy atom. The minimum Gasteiger partial charge on any atom is -0.458 e. The predicted octanol–water partition coefficient (Wildman–Crippen LogP) is 20.6. The van der Waals surface area contributed by atoms with Crippen LogP contribution in [0.25, 0.3) is 27.5 Å². The van der Waals surface area contributed by atoms with Crippen LogP contribution in [-0.4, -0.2) is 18.0 Å². The van der Waals surface area contributed by atoms with Crippen molar-refractivity contribution in [2.75, 3.05) is 9.80 Å². The molecule has 0 bridgehead atoms. The fraction of sp³-hybridized carbons (Fsp3) is 0.379. The summed E-state index contributed by atoms with van der Waals surface area (Å²) in [6.45, 7) is 58.8. The Hall–Kier alpha value is -7.34. The van der Waals surface area contributed by atoms with Gasteiger partial charge in [-0.1, -0.05) is 256 Å². The summed E-state index contributed by atoms with van der Waals surface area (Å²) in [5.74, 6) is 1.90. The summed E-state index contributed by atoms with van der Waals surface area (Å²) in [5, 5.41) is 2.62. The van der Waals surface area contributed by atoms with Crippen LogP contribution >= 0.6 is 11.8 Å². The second-order valence-corrected chi connectivity index (χ2v) is 37.6. The van der Waals surface area contributed by atoms with Gasteiger partial charge in [-0.3, -0.25) is 0 Å². The third-order valence-corrected chi connectivity index (χ3v) is 22.5. The van der Waals surface area contributed by atoms with Crippen molar-refractivity contribution in [3.05, 3.63) is 196 Å². The fourth-order valence-corrected chi connectivity index (χ4v) is 16.5. The van der Waals surface area contributed by atoms with Crippen LogP contribution in [0.4, 0.5) is 34.1 Å². The van der Waals surface area contributed by atoms with Gasteiger partial charge in [0.05, 0.1) is 0 Å². The van der Waals surface area contributed by atoms with Crippen molar-refractivity contribution in [1.82, 2.24) is 4.57 Å². The van der Waals surface area contributed by atoms with Crippen LogP contribution in [0.1, 0.15) is 216 Å². The largest absolute Gasteiger partial charge is 0.458 e. The number of benzene rings is 9. The molecule has 0 amide bonds. The fourth-order valence-electron chi connectivity index (χ4n) is 15.2. The van der Waals surface area contributed by atoms with Gasteiger partial charge in [-0.05, 0) is 189 Å². The topological polar surface area (TPSA) is 20.6 Å². The van der Waals surface area contributed by atoms with Crippen molar-refractivity contribution in [2.45, 2.75) is 226 Å². The normalized spacial score (nSPS) is 14.4. The van der Waals surface area contributed by atoms with Gasteiger partial charge in [0.25, 0.3) is 6.71 Å². The summed E-state index contributed by atoms with van der Waals surface area (Å²) >= 11 is 1.95. The molecule has 0 saturated carbocycles. The number of rotatable bonds is 6. The Morgan fingerprint density at radius 3 is 1.02 bits per heavy atom. The van der Waals surface area contributed by atoms with Gasteiger partial charge in [-0.25, -0.2) is 0 Å². The highest BCUT2D eigenvalue weighted by atomic mass is 32.2. The van der Waals surface area contributed by atoms with E-state index in [1.54, 1.807) is 0 Å². The molecule has 4 aliphatic heterocycles. The lowest BCUT2D eigenvalue weighted by molar-refractivity contribution is 0.482. The van der Waals surface area contributed by atoms with Gasteiger partial charge in [0.2, 0.25) is 6.71 Å². The first-order chi connectivity index (χ1) is 43.6. The molecule has 0 saturated heterocycles. The molecule has 0 radical (unpaired) electrons. The minimum absolute atomic E-state index is 0.00455. The molecule has 94 heavy (non-hydrogen) atoms. The van der Waals surface area contributed by atoms with E-state index in [1.165, 1.54) is 132 Å². The van der Waals surface area contributed by atoms with Gasteiger partial charge in [-0.2, -0.15) is 0 Å². The number of hydrogen-bond donors (Lipinski definition) is 0. The maximum atomic E-state index is 7.86. The van der Waals surface area contributed by atoms with Gasteiger partial charge in [0.15, 0.2) is 0 Å². The van der Waals surface area contributed by atoms with E-state index < -0.39 is 0 Å². The van der Waals surface area contributed by atoms with Gasteiger partial charge >= 0.3 is 0 Å². The zero-order valence-electron chi connectivity index (χ0n) is 61.2. The highest BCUT2D eigenvalue weighted by Crippen LogP contribution is 2.51. The second-order valence-electron chi connectivity index (χ2n) is 36.5. The number of fused-ring (bicyclic) bond motifs is 7. The van der Waals surface area contributed by atoms with Crippen molar-refractivity contribution in [1.29, 1.82) is 0 Å². The third-order valence-electron chi connectivity index (χ3n) is 21.2. The molecule has 0 fully saturated rings. The summed E-state index contributed by atoms with van der Waals surface area (Å²) < 4.78 is 10.5. The third kappa shape index (κ3) is 10.4. The van der Waals surface area contributed by atoms with Gasteiger partial charge in [0, 0.05) is 83.0 Å². The maximum Gasteiger partial charge on any atom is 0.256 e. The molecule has 0 atom stereocenters. The molecule has 0 spiro atoms. The molecule has 14 rings (SSSR count). The summed E-state index contributed by atoms with van der Waals surface area (Å²) in [6, 6.07) is 58.5. The summed E-state index contributed by atoms with van der Waals surface area (Å²) in [7, 11) is 0. The zero-order chi connectivity index (χ0) is 67.6. The van der Waals surface area contributed by atoms with Crippen molar-refractivity contribution in [3.63, 3.8) is 0 Å². The van der Waals surface area contributed by atoms with Crippen LogP contribution in [0.5, 0.6) is 11.5 Å². The first-order valence-electron chi connectivity index (χ1n) is 34.7. The lowest BCUT2D eigenvalue weighted by Crippen LogP contribution is -2.65. The van der Waals surface area contributed by atoms with Crippen LogP contribution < -0.4 is 47.3 Å². The Kier molecular flexibility index (Phi) is 14.2. The molecule has 5 heterocycles. The average molecular weight is 1260 g/mol. The van der Waals surface area contributed by atoms with Gasteiger partial charge in [-0.15, -0.1) is 0 Å². The van der Waals surface area contributed by atoms with E-state index in [2.05, 4.69) is 333 Å². The predicted molar refractivity (Wildman–Crippen MR) is 411 cm³/mol. The summed E-state index contributed by atoms with van der Waals surface area (Å²) in [4.78, 5) is 7.72. The Balaban J connectivity index is 1.01. The number of nitrogens with zero attached hydrogens (tertiary/aromatic N) is 3. The van der Waals surface area contributed by atoms with Gasteiger partial charge < -0.3 is 19.1 Å². The Bertz CT molecular complexity index is 4270. The quantitative estimate of drug-likeness (QED) is 0.155. The van der Waals surface area contributed by atoms with E-state index >= 15 is 0 Å². The van der Waals surface area contributed by atoms with E-state index in [-0.39, 0.29) is 56.7 Å². The summed E-state index contributed by atoms with van der Waals surface area (Å²) in [6.07, 6.45) is 0. The van der Waals surface area contributed by atoms with Crippen LogP contribution in [0.15, 0.2) is 155 Å². The number of aromatic nitrogens is 1. The van der Waals surface area contributed by atoms with Gasteiger partial charge in [0.1, 0.15) is 11.5 Å². The first kappa shape index (κ1) is 64.0. The number of hydrogen-bond acceptors (Lipinski definition) is 4. The first-order valence-corrected chi connectivity index (χ1v) is 35.5. The number of para-hydroxylation sites is 2. The standard InChI is InChI=1S/C87H99B2N3OS/c1-50-78-73-77-74-79(50)94-72-49-60(91(63-44-55(84(14,15)16)38-56(45-63)85(17,18)19)64-46-57(86(20,21)22)39-58(47-64)87(23,24)25)33-35-68(72)89(74)70-31-27-29-66-65-28-26-30-69(75(65)92(77)76(66)70)88(73)67-34-32-59(48-71(67)93-78)90(61-40-51(80(2,3)4)36-52(41-61)81(5,6)7)62-42-53(82(8,9)10)37-54(43-62)83(11,12)13/h26-49H,1-25H3. The van der Waals surface area contributed by atoms with Crippen LogP contribution in [0.2, 0.25) is 0 Å². The molecule has 7 heteroatoms. The van der Waals surface area contributed by atoms with Crippen LogP contribution in [0, 0.1) is 6.92 Å². The Labute approximate surface area is 568 Å². The van der Waals surface area contributed by atoms with Crippen molar-refractivity contribution >= 4 is 114 Å². The SMILES string of the molecule is Cc1c2c3c4c5c1Sc1cc(N(c6cc(C(C)(C)C)cc(C(C)(C)C)c6)c6cc(C(C)(C)C)cc(C(C)(C)C)c6)ccc1B5c1cccc5c6cccc(c6n-4c15)B3c1ccc(N(c3cc(C(C)(C)C)cc(C(C)(C)C)c3)c3cc(C(C)(C)C)cc(C(C)(C)C)c3)cc1O2. The van der Waals surface area contributed by atoms with Crippen molar-refractivity contribution < 1.29 is 4.74 Å². The minimum atomic E-state index is -0.0861. The maximum absolute atomic E-state index is 7.86. The van der Waals surface area contributed by atoms with E-state index in [9.17, 15) is 0 Å². The van der Waals surface area contributed by atoms with Crippen molar-refractivity contribution in [2.24, 2.45) is 0 Å². The molecule has 1 aromatic heterocycles. The lowest BCUT2D eigenvalue weighted by atomic mass is 9.30. The highest BCUT2D eigenvalue weighted by molar-refractivity contribution is 8.00. The molecular formula is C87H99B2N3OS. The molecule has 0 N–H and O–H groups in total. The molecule has 0 unspecified atom stereocenters. The average Bonchev–Trinajstić information content (AvgIpc) is 1.36. The molecular weight excluding hydrogens is 1160 g/mol.